The Morgan fingerprint density at radius 1 is 1.28 bits per heavy atom. The first-order valence-electron chi connectivity index (χ1n) is 5.92. The maximum Gasteiger partial charge on any atom is 0.308 e. The Kier molecular flexibility index (Phi) is 6.28. The van der Waals surface area contributed by atoms with Gasteiger partial charge in [-0.25, -0.2) is 0 Å². The zero-order valence-corrected chi connectivity index (χ0v) is 11.7. The summed E-state index contributed by atoms with van der Waals surface area (Å²) in [6, 6.07) is 0. The molecule has 18 heavy (non-hydrogen) atoms. The molecule has 0 amide bonds. The molecule has 0 bridgehead atoms. The molecule has 0 saturated heterocycles. The molecule has 1 N–H and O–H groups in total. The molecular formula is C12H23NO5. The normalized spacial score (nSPS) is 16.8. The number of aliphatic hydroxyl groups excluding tert-OH is 1. The number of rotatable bonds is 7. The lowest BCUT2D eigenvalue weighted by Gasteiger charge is -2.32. The third-order valence-corrected chi connectivity index (χ3v) is 2.40. The summed E-state index contributed by atoms with van der Waals surface area (Å²) in [5.74, 6) is -2.74. The first-order valence-corrected chi connectivity index (χ1v) is 5.92. The molecule has 3 atom stereocenters. The third kappa shape index (κ3) is 7.24. The van der Waals surface area contributed by atoms with Crippen LogP contribution in [0.25, 0.3) is 0 Å². The van der Waals surface area contributed by atoms with Gasteiger partial charge < -0.3 is 24.2 Å². The van der Waals surface area contributed by atoms with Crippen molar-refractivity contribution in [3.05, 3.63) is 0 Å². The Balaban J connectivity index is 4.67. The van der Waals surface area contributed by atoms with Gasteiger partial charge in [-0.2, -0.15) is 0 Å². The van der Waals surface area contributed by atoms with E-state index >= 15 is 0 Å². The predicted molar refractivity (Wildman–Crippen MR) is 63.2 cm³/mol. The van der Waals surface area contributed by atoms with Gasteiger partial charge in [0, 0.05) is 11.9 Å². The lowest BCUT2D eigenvalue weighted by Crippen LogP contribution is -2.49. The van der Waals surface area contributed by atoms with Crippen molar-refractivity contribution >= 4 is 11.9 Å². The first kappa shape index (κ1) is 16.9. The van der Waals surface area contributed by atoms with E-state index in [2.05, 4.69) is 0 Å². The number of ether oxygens (including phenoxy) is 1. The van der Waals surface area contributed by atoms with Crippen molar-refractivity contribution in [2.75, 3.05) is 27.7 Å². The number of esters is 1. The van der Waals surface area contributed by atoms with Crippen LogP contribution in [0.5, 0.6) is 0 Å². The van der Waals surface area contributed by atoms with E-state index in [1.165, 1.54) is 13.8 Å². The number of aliphatic carboxylic acids is 1. The number of likely N-dealkylation sites (N-methyl/N-ethyl adjacent to an activating group) is 1. The van der Waals surface area contributed by atoms with E-state index in [4.69, 9.17) is 9.84 Å². The van der Waals surface area contributed by atoms with Gasteiger partial charge in [0.05, 0.1) is 33.7 Å². The number of quaternary nitrogens is 1. The number of nitrogens with zero attached hydrogens (tertiary/aromatic N) is 1. The van der Waals surface area contributed by atoms with Crippen molar-refractivity contribution in [1.82, 2.24) is 0 Å². The fourth-order valence-corrected chi connectivity index (χ4v) is 1.45. The van der Waals surface area contributed by atoms with Gasteiger partial charge >= 0.3 is 5.97 Å². The second kappa shape index (κ2) is 6.70. The topological polar surface area (TPSA) is 86.7 Å². The van der Waals surface area contributed by atoms with E-state index in [1.807, 2.05) is 21.1 Å². The van der Waals surface area contributed by atoms with E-state index in [9.17, 15) is 14.7 Å². The Labute approximate surface area is 108 Å². The number of hydrogen-bond acceptors (Lipinski definition) is 5. The fourth-order valence-electron chi connectivity index (χ4n) is 1.45. The molecule has 0 spiro atoms. The minimum absolute atomic E-state index is 0.145. The SMILES string of the molecule is CC(O)CC(=O)OC(C[N+](C)(C)C)C(C)C(=O)[O-]. The van der Waals surface area contributed by atoms with E-state index < -0.39 is 30.1 Å². The summed E-state index contributed by atoms with van der Waals surface area (Å²) in [6.45, 7) is 3.28. The van der Waals surface area contributed by atoms with Gasteiger partial charge in [0.2, 0.25) is 0 Å². The van der Waals surface area contributed by atoms with Gasteiger partial charge in [-0.15, -0.1) is 0 Å². The number of hydrogen-bond donors (Lipinski definition) is 1. The number of carbonyl (C=O) groups is 2. The summed E-state index contributed by atoms with van der Waals surface area (Å²) in [5.41, 5.74) is 0. The maximum absolute atomic E-state index is 11.5. The van der Waals surface area contributed by atoms with Crippen molar-refractivity contribution in [3.8, 4) is 0 Å². The molecule has 0 aliphatic carbocycles. The molecule has 0 heterocycles. The van der Waals surface area contributed by atoms with E-state index in [1.54, 1.807) is 0 Å². The predicted octanol–water partition coefficient (Wildman–Crippen LogP) is -1.24. The Morgan fingerprint density at radius 3 is 2.11 bits per heavy atom. The van der Waals surface area contributed by atoms with Gasteiger partial charge in [-0.1, -0.05) is 6.92 Å². The second-order valence-corrected chi connectivity index (χ2v) is 5.66. The lowest BCUT2D eigenvalue weighted by molar-refractivity contribution is -0.873. The van der Waals surface area contributed by atoms with Crippen molar-refractivity contribution in [2.45, 2.75) is 32.5 Å². The monoisotopic (exact) mass is 261 g/mol. The van der Waals surface area contributed by atoms with Crippen LogP contribution in [-0.4, -0.2) is 61.4 Å². The molecule has 0 aliphatic rings. The minimum Gasteiger partial charge on any atom is -0.550 e. The molecule has 0 saturated carbocycles. The quantitative estimate of drug-likeness (QED) is 0.457. The molecule has 0 aliphatic heterocycles. The molecule has 0 aromatic carbocycles. The molecule has 0 aromatic heterocycles. The number of carboxylic acid groups (broad SMARTS) is 1. The van der Waals surface area contributed by atoms with Crippen molar-refractivity contribution in [2.24, 2.45) is 5.92 Å². The summed E-state index contributed by atoms with van der Waals surface area (Å²) in [4.78, 5) is 22.3. The number of carbonyl (C=O) groups excluding carboxylic acids is 2. The summed E-state index contributed by atoms with van der Waals surface area (Å²) in [5, 5.41) is 20.0. The molecule has 106 valence electrons. The van der Waals surface area contributed by atoms with Crippen LogP contribution in [0.4, 0.5) is 0 Å². The molecule has 3 unspecified atom stereocenters. The van der Waals surface area contributed by atoms with Crippen LogP contribution in [0.2, 0.25) is 0 Å². The van der Waals surface area contributed by atoms with Crippen LogP contribution >= 0.6 is 0 Å². The smallest absolute Gasteiger partial charge is 0.308 e. The minimum atomic E-state index is -1.25. The number of carboxylic acids is 1. The summed E-state index contributed by atoms with van der Waals surface area (Å²) < 4.78 is 5.59. The zero-order valence-electron chi connectivity index (χ0n) is 11.7. The fraction of sp³-hybridized carbons (Fsp3) is 0.833. The van der Waals surface area contributed by atoms with Gasteiger partial charge in [0.1, 0.15) is 6.54 Å². The largest absolute Gasteiger partial charge is 0.550 e. The molecule has 0 radical (unpaired) electrons. The molecule has 0 fully saturated rings. The summed E-state index contributed by atoms with van der Waals surface area (Å²) in [7, 11) is 5.62. The van der Waals surface area contributed by atoms with Crippen LogP contribution in [0.1, 0.15) is 20.3 Å². The van der Waals surface area contributed by atoms with Gasteiger partial charge in [0.25, 0.3) is 0 Å². The van der Waals surface area contributed by atoms with Gasteiger partial charge in [-0.05, 0) is 6.92 Å². The van der Waals surface area contributed by atoms with Gasteiger partial charge in [-0.3, -0.25) is 4.79 Å². The highest BCUT2D eigenvalue weighted by Crippen LogP contribution is 2.12. The van der Waals surface area contributed by atoms with E-state index in [0.29, 0.717) is 11.0 Å². The lowest BCUT2D eigenvalue weighted by atomic mass is 10.0. The highest BCUT2D eigenvalue weighted by molar-refractivity contribution is 5.72. The highest BCUT2D eigenvalue weighted by Gasteiger charge is 2.28. The highest BCUT2D eigenvalue weighted by atomic mass is 16.5. The van der Waals surface area contributed by atoms with Crippen molar-refractivity contribution < 1.29 is 29.0 Å². The standard InChI is InChI=1S/C12H23NO5/c1-8(14)6-11(15)18-10(7-13(3,4)5)9(2)12(16)17/h8-10,14H,6-7H2,1-5H3. The molecule has 0 rings (SSSR count). The summed E-state index contributed by atoms with van der Waals surface area (Å²) >= 11 is 0. The van der Waals surface area contributed by atoms with E-state index in [0.717, 1.165) is 0 Å². The molecular weight excluding hydrogens is 238 g/mol. The number of aliphatic hydroxyl groups is 1. The van der Waals surface area contributed by atoms with Crippen LogP contribution in [0.15, 0.2) is 0 Å². The van der Waals surface area contributed by atoms with Crippen LogP contribution in [-0.2, 0) is 14.3 Å². The Bertz CT molecular complexity index is 295. The second-order valence-electron chi connectivity index (χ2n) is 5.66. The average Bonchev–Trinajstić information content (AvgIpc) is 2.11. The summed E-state index contributed by atoms with van der Waals surface area (Å²) in [6.07, 6.45) is -1.71. The molecule has 0 aromatic rings. The van der Waals surface area contributed by atoms with Crippen LogP contribution in [0.3, 0.4) is 0 Å². The Hall–Kier alpha value is -1.14. The molecule has 6 heteroatoms. The van der Waals surface area contributed by atoms with Gasteiger partial charge in [0.15, 0.2) is 6.10 Å². The average molecular weight is 261 g/mol. The van der Waals surface area contributed by atoms with Crippen molar-refractivity contribution in [3.63, 3.8) is 0 Å². The Morgan fingerprint density at radius 2 is 1.78 bits per heavy atom. The maximum atomic E-state index is 11.5. The molecule has 6 nitrogen and oxygen atoms in total. The van der Waals surface area contributed by atoms with E-state index in [-0.39, 0.29) is 6.42 Å². The third-order valence-electron chi connectivity index (χ3n) is 2.40. The van der Waals surface area contributed by atoms with Crippen LogP contribution in [0, 0.1) is 5.92 Å². The van der Waals surface area contributed by atoms with Crippen molar-refractivity contribution in [1.29, 1.82) is 0 Å². The zero-order chi connectivity index (χ0) is 14.5. The first-order chi connectivity index (χ1) is 8.03. The van der Waals surface area contributed by atoms with Crippen LogP contribution < -0.4 is 5.11 Å².